The molecule has 0 heterocycles. The highest BCUT2D eigenvalue weighted by atomic mass is 32.2. The molecular weight excluding hydrogens is 186 g/mol. The van der Waals surface area contributed by atoms with Crippen LogP contribution in [0.5, 0.6) is 0 Å². The molecule has 0 aromatic heterocycles. The fraction of sp³-hybridized carbons (Fsp3) is 0.333. The zero-order valence-corrected chi connectivity index (χ0v) is 8.43. The Morgan fingerprint density at radius 2 is 2.23 bits per heavy atom. The van der Waals surface area contributed by atoms with Gasteiger partial charge in [-0.1, -0.05) is 13.0 Å². The Hall–Kier alpha value is -1.03. The molecule has 0 radical (unpaired) electrons. The van der Waals surface area contributed by atoms with E-state index in [0.717, 1.165) is 16.9 Å². The third kappa shape index (κ3) is 2.21. The van der Waals surface area contributed by atoms with Crippen LogP contribution in [0.15, 0.2) is 23.1 Å². The van der Waals surface area contributed by atoms with Crippen molar-refractivity contribution in [3.05, 3.63) is 33.9 Å². The average molecular weight is 197 g/mol. The molecule has 3 nitrogen and oxygen atoms in total. The molecule has 0 N–H and O–H groups in total. The quantitative estimate of drug-likeness (QED) is 0.425. The van der Waals surface area contributed by atoms with Gasteiger partial charge in [0.15, 0.2) is 0 Å². The average Bonchev–Trinajstić information content (AvgIpc) is 2.16. The zero-order chi connectivity index (χ0) is 9.84. The number of nitro groups is 1. The molecule has 0 bridgehead atoms. The first-order valence-corrected chi connectivity index (χ1v) is 5.22. The Morgan fingerprint density at radius 1 is 1.54 bits per heavy atom. The first-order chi connectivity index (χ1) is 6.19. The largest absolute Gasteiger partial charge is 0.283 e. The number of rotatable bonds is 3. The monoisotopic (exact) mass is 197 g/mol. The predicted molar refractivity (Wildman–Crippen MR) is 54.3 cm³/mol. The van der Waals surface area contributed by atoms with E-state index in [2.05, 4.69) is 0 Å². The highest BCUT2D eigenvalue weighted by Crippen LogP contribution is 2.28. The van der Waals surface area contributed by atoms with Crippen LogP contribution in [0.2, 0.25) is 0 Å². The summed E-state index contributed by atoms with van der Waals surface area (Å²) >= 11 is 1.40. The standard InChI is InChI=1S/C9H11NO2S/c1-3-7-4-5-9(13-2)8(6-7)10(11)12/h4-6H,3H2,1-2H3. The van der Waals surface area contributed by atoms with Crippen molar-refractivity contribution in [2.24, 2.45) is 0 Å². The summed E-state index contributed by atoms with van der Waals surface area (Å²) in [4.78, 5) is 11.0. The van der Waals surface area contributed by atoms with Gasteiger partial charge < -0.3 is 0 Å². The third-order valence-electron chi connectivity index (χ3n) is 1.85. The van der Waals surface area contributed by atoms with Gasteiger partial charge in [0.05, 0.1) is 9.82 Å². The van der Waals surface area contributed by atoms with Crippen LogP contribution in [0.4, 0.5) is 5.69 Å². The summed E-state index contributed by atoms with van der Waals surface area (Å²) in [6, 6.07) is 5.38. The third-order valence-corrected chi connectivity index (χ3v) is 2.63. The second-order valence-electron chi connectivity index (χ2n) is 2.62. The van der Waals surface area contributed by atoms with Gasteiger partial charge in [0.1, 0.15) is 0 Å². The van der Waals surface area contributed by atoms with E-state index in [0.29, 0.717) is 0 Å². The van der Waals surface area contributed by atoms with Crippen LogP contribution in [0, 0.1) is 10.1 Å². The van der Waals surface area contributed by atoms with E-state index >= 15 is 0 Å². The highest BCUT2D eigenvalue weighted by molar-refractivity contribution is 7.98. The zero-order valence-electron chi connectivity index (χ0n) is 7.61. The van der Waals surface area contributed by atoms with Gasteiger partial charge in [0.25, 0.3) is 5.69 Å². The number of thioether (sulfide) groups is 1. The van der Waals surface area contributed by atoms with Crippen LogP contribution in [0.1, 0.15) is 12.5 Å². The number of nitrogens with zero attached hydrogens (tertiary/aromatic N) is 1. The normalized spacial score (nSPS) is 10.0. The Balaban J connectivity index is 3.18. The van der Waals surface area contributed by atoms with E-state index in [1.54, 1.807) is 6.07 Å². The molecular formula is C9H11NO2S. The summed E-state index contributed by atoms with van der Waals surface area (Å²) < 4.78 is 0. The smallest absolute Gasteiger partial charge is 0.258 e. The molecule has 0 atom stereocenters. The van der Waals surface area contributed by atoms with Gasteiger partial charge in [-0.2, -0.15) is 0 Å². The van der Waals surface area contributed by atoms with Gasteiger partial charge in [-0.15, -0.1) is 11.8 Å². The van der Waals surface area contributed by atoms with Crippen molar-refractivity contribution in [1.29, 1.82) is 0 Å². The second kappa shape index (κ2) is 4.28. The SMILES string of the molecule is CCc1ccc(SC)c([N+](=O)[O-])c1. The van der Waals surface area contributed by atoms with Crippen LogP contribution in [-0.2, 0) is 6.42 Å². The summed E-state index contributed by atoms with van der Waals surface area (Å²) in [6.07, 6.45) is 2.67. The highest BCUT2D eigenvalue weighted by Gasteiger charge is 2.12. The fourth-order valence-corrected chi connectivity index (χ4v) is 1.64. The van der Waals surface area contributed by atoms with Crippen LogP contribution >= 0.6 is 11.8 Å². The molecule has 0 amide bonds. The fourth-order valence-electron chi connectivity index (χ4n) is 1.10. The van der Waals surface area contributed by atoms with E-state index < -0.39 is 0 Å². The number of aryl methyl sites for hydroxylation is 1. The number of benzene rings is 1. The molecule has 0 unspecified atom stereocenters. The molecule has 0 saturated heterocycles. The predicted octanol–water partition coefficient (Wildman–Crippen LogP) is 2.88. The molecule has 70 valence electrons. The van der Waals surface area contributed by atoms with Gasteiger partial charge in [0.2, 0.25) is 0 Å². The summed E-state index contributed by atoms with van der Waals surface area (Å²) in [5.41, 5.74) is 1.22. The Bertz CT molecular complexity index is 325. The van der Waals surface area contributed by atoms with Gasteiger partial charge >= 0.3 is 0 Å². The van der Waals surface area contributed by atoms with Gasteiger partial charge in [0, 0.05) is 6.07 Å². The van der Waals surface area contributed by atoms with Crippen molar-refractivity contribution in [2.45, 2.75) is 18.2 Å². The first kappa shape index (κ1) is 10.1. The van der Waals surface area contributed by atoms with Crippen LogP contribution < -0.4 is 0 Å². The molecule has 0 spiro atoms. The topological polar surface area (TPSA) is 43.1 Å². The lowest BCUT2D eigenvalue weighted by molar-refractivity contribution is -0.387. The van der Waals surface area contributed by atoms with Crippen molar-refractivity contribution < 1.29 is 4.92 Å². The minimum absolute atomic E-state index is 0.215. The molecule has 0 saturated carbocycles. The second-order valence-corrected chi connectivity index (χ2v) is 3.46. The molecule has 1 rings (SSSR count). The maximum atomic E-state index is 10.6. The maximum Gasteiger partial charge on any atom is 0.283 e. The summed E-state index contributed by atoms with van der Waals surface area (Å²) in [5, 5.41) is 10.6. The van der Waals surface area contributed by atoms with E-state index in [-0.39, 0.29) is 10.6 Å². The summed E-state index contributed by atoms with van der Waals surface area (Å²) in [7, 11) is 0. The van der Waals surface area contributed by atoms with E-state index in [9.17, 15) is 10.1 Å². The Morgan fingerprint density at radius 3 is 2.69 bits per heavy atom. The minimum Gasteiger partial charge on any atom is -0.258 e. The Kier molecular flexibility index (Phi) is 3.31. The lowest BCUT2D eigenvalue weighted by atomic mass is 10.1. The molecule has 1 aromatic rings. The molecule has 0 aliphatic carbocycles. The van der Waals surface area contributed by atoms with Gasteiger partial charge in [-0.25, -0.2) is 0 Å². The number of hydrogen-bond acceptors (Lipinski definition) is 3. The van der Waals surface area contributed by atoms with Crippen LogP contribution in [-0.4, -0.2) is 11.2 Å². The van der Waals surface area contributed by atoms with Crippen LogP contribution in [0.25, 0.3) is 0 Å². The molecule has 1 aromatic carbocycles. The van der Waals surface area contributed by atoms with Crippen molar-refractivity contribution in [2.75, 3.05) is 6.26 Å². The minimum atomic E-state index is -0.328. The molecule has 4 heteroatoms. The first-order valence-electron chi connectivity index (χ1n) is 4.00. The Labute approximate surface area is 81.3 Å². The van der Waals surface area contributed by atoms with Crippen LogP contribution in [0.3, 0.4) is 0 Å². The van der Waals surface area contributed by atoms with Gasteiger partial charge in [-0.3, -0.25) is 10.1 Å². The van der Waals surface area contributed by atoms with Crippen molar-refractivity contribution in [3.63, 3.8) is 0 Å². The molecule has 0 fully saturated rings. The maximum absolute atomic E-state index is 10.6. The lowest BCUT2D eigenvalue weighted by Gasteiger charge is -2.01. The van der Waals surface area contributed by atoms with Gasteiger partial charge in [-0.05, 0) is 24.3 Å². The van der Waals surface area contributed by atoms with E-state index in [1.165, 1.54) is 11.8 Å². The number of hydrogen-bond donors (Lipinski definition) is 0. The van der Waals surface area contributed by atoms with E-state index in [1.807, 2.05) is 25.3 Å². The lowest BCUT2D eigenvalue weighted by Crippen LogP contribution is -1.92. The summed E-state index contributed by atoms with van der Waals surface area (Å²) in [5.74, 6) is 0. The van der Waals surface area contributed by atoms with E-state index in [4.69, 9.17) is 0 Å². The van der Waals surface area contributed by atoms with Crippen molar-refractivity contribution >= 4 is 17.4 Å². The van der Waals surface area contributed by atoms with Crippen molar-refractivity contribution in [1.82, 2.24) is 0 Å². The number of nitro benzene ring substituents is 1. The molecule has 0 aliphatic heterocycles. The molecule has 0 aliphatic rings. The summed E-state index contributed by atoms with van der Waals surface area (Å²) in [6.45, 7) is 1.98. The van der Waals surface area contributed by atoms with Crippen molar-refractivity contribution in [3.8, 4) is 0 Å². The molecule has 13 heavy (non-hydrogen) atoms.